The molecule has 0 spiro atoms. The van der Waals surface area contributed by atoms with Gasteiger partial charge in [0.1, 0.15) is 5.82 Å². The van der Waals surface area contributed by atoms with Crippen LogP contribution >= 0.6 is 15.9 Å². The number of alkyl halides is 3. The number of hydrogen-bond acceptors (Lipinski definition) is 2. The largest absolute Gasteiger partial charge is 0.416 e. The van der Waals surface area contributed by atoms with Crippen molar-refractivity contribution in [1.29, 1.82) is 0 Å². The van der Waals surface area contributed by atoms with E-state index < -0.39 is 11.7 Å². The number of aromatic nitrogens is 2. The summed E-state index contributed by atoms with van der Waals surface area (Å²) in [6.45, 7) is 1.63. The molecule has 3 aromatic rings. The number of aryl methyl sites for hydroxylation is 1. The second-order valence-corrected chi connectivity index (χ2v) is 6.31. The molecule has 0 atom stereocenters. The first-order valence-corrected chi connectivity index (χ1v) is 8.09. The minimum Gasteiger partial charge on any atom is -0.271 e. The standard InChI is InChI=1S/C18H12BrF3N2O/c1-11-23-16-7-6-13(19)10-14(16)17(25)24(11)9-8-12-4-2-3-5-15(12)18(20,21)22/h2-10H,1H3/b9-8+. The van der Waals surface area contributed by atoms with Crippen LogP contribution in [0.1, 0.15) is 17.0 Å². The Morgan fingerprint density at radius 3 is 2.60 bits per heavy atom. The van der Waals surface area contributed by atoms with Crippen molar-refractivity contribution < 1.29 is 13.2 Å². The van der Waals surface area contributed by atoms with Crippen molar-refractivity contribution in [1.82, 2.24) is 9.55 Å². The lowest BCUT2D eigenvalue weighted by atomic mass is 10.1. The molecule has 0 unspecified atom stereocenters. The van der Waals surface area contributed by atoms with E-state index in [1.165, 1.54) is 35.0 Å². The van der Waals surface area contributed by atoms with E-state index in [-0.39, 0.29) is 11.1 Å². The quantitative estimate of drug-likeness (QED) is 0.590. The maximum absolute atomic E-state index is 13.1. The van der Waals surface area contributed by atoms with Gasteiger partial charge in [-0.3, -0.25) is 9.36 Å². The Hall–Kier alpha value is -2.41. The van der Waals surface area contributed by atoms with Crippen LogP contribution in [0.25, 0.3) is 23.2 Å². The van der Waals surface area contributed by atoms with Crippen molar-refractivity contribution in [3.05, 3.63) is 74.2 Å². The molecule has 1 aromatic heterocycles. The molecule has 0 bridgehead atoms. The van der Waals surface area contributed by atoms with E-state index in [1.54, 1.807) is 25.1 Å². The fraction of sp³-hybridized carbons (Fsp3) is 0.111. The van der Waals surface area contributed by atoms with Gasteiger partial charge in [-0.05, 0) is 42.8 Å². The van der Waals surface area contributed by atoms with Crippen LogP contribution in [-0.2, 0) is 6.18 Å². The van der Waals surface area contributed by atoms with Crippen molar-refractivity contribution in [2.24, 2.45) is 0 Å². The predicted octanol–water partition coefficient (Wildman–Crippen LogP) is 5.11. The zero-order valence-electron chi connectivity index (χ0n) is 13.0. The lowest BCUT2D eigenvalue weighted by Crippen LogP contribution is -2.19. The topological polar surface area (TPSA) is 34.9 Å². The van der Waals surface area contributed by atoms with Crippen molar-refractivity contribution in [2.75, 3.05) is 0 Å². The summed E-state index contributed by atoms with van der Waals surface area (Å²) in [7, 11) is 0. The molecule has 0 radical (unpaired) electrons. The lowest BCUT2D eigenvalue weighted by molar-refractivity contribution is -0.137. The van der Waals surface area contributed by atoms with Crippen LogP contribution < -0.4 is 5.56 Å². The Morgan fingerprint density at radius 1 is 1.16 bits per heavy atom. The normalized spacial score (nSPS) is 12.2. The van der Waals surface area contributed by atoms with Gasteiger partial charge in [-0.2, -0.15) is 13.2 Å². The number of benzene rings is 2. The Labute approximate surface area is 149 Å². The zero-order chi connectivity index (χ0) is 18.2. The SMILES string of the molecule is Cc1nc2ccc(Br)cc2c(=O)n1/C=C/c1ccccc1C(F)(F)F. The van der Waals surface area contributed by atoms with Gasteiger partial charge in [0, 0.05) is 10.7 Å². The van der Waals surface area contributed by atoms with Crippen LogP contribution in [0.2, 0.25) is 0 Å². The van der Waals surface area contributed by atoms with Crippen LogP contribution in [0.4, 0.5) is 13.2 Å². The molecule has 7 heteroatoms. The molecule has 3 rings (SSSR count). The van der Waals surface area contributed by atoms with Crippen LogP contribution in [0.3, 0.4) is 0 Å². The summed E-state index contributed by atoms with van der Waals surface area (Å²) >= 11 is 3.30. The first-order valence-electron chi connectivity index (χ1n) is 7.30. The van der Waals surface area contributed by atoms with E-state index in [1.807, 2.05) is 0 Å². The van der Waals surface area contributed by atoms with Gasteiger partial charge >= 0.3 is 6.18 Å². The summed E-state index contributed by atoms with van der Waals surface area (Å²) in [6, 6.07) is 10.3. The summed E-state index contributed by atoms with van der Waals surface area (Å²) < 4.78 is 41.2. The molecular weight excluding hydrogens is 397 g/mol. The summed E-state index contributed by atoms with van der Waals surface area (Å²) in [6.07, 6.45) is -1.88. The Bertz CT molecular complexity index is 1040. The Kier molecular flexibility index (Phi) is 4.51. The third-order valence-corrected chi connectivity index (χ3v) is 4.20. The van der Waals surface area contributed by atoms with Crippen LogP contribution in [0.5, 0.6) is 0 Å². The zero-order valence-corrected chi connectivity index (χ0v) is 14.6. The maximum Gasteiger partial charge on any atom is 0.416 e. The summed E-state index contributed by atoms with van der Waals surface area (Å²) in [5, 5.41) is 0.383. The molecule has 0 aliphatic rings. The van der Waals surface area contributed by atoms with Crippen molar-refractivity contribution in [3.8, 4) is 0 Å². The minimum absolute atomic E-state index is 0.0179. The van der Waals surface area contributed by atoms with E-state index in [0.717, 1.165) is 10.5 Å². The van der Waals surface area contributed by atoms with Crippen LogP contribution in [-0.4, -0.2) is 9.55 Å². The fourth-order valence-electron chi connectivity index (χ4n) is 2.51. The highest BCUT2D eigenvalue weighted by Gasteiger charge is 2.32. The van der Waals surface area contributed by atoms with Crippen molar-refractivity contribution in [2.45, 2.75) is 13.1 Å². The first-order chi connectivity index (χ1) is 11.8. The number of nitrogens with zero attached hydrogens (tertiary/aromatic N) is 2. The molecule has 2 aromatic carbocycles. The monoisotopic (exact) mass is 408 g/mol. The van der Waals surface area contributed by atoms with Crippen molar-refractivity contribution in [3.63, 3.8) is 0 Å². The van der Waals surface area contributed by atoms with Gasteiger partial charge in [-0.1, -0.05) is 34.1 Å². The molecule has 0 amide bonds. The molecule has 0 saturated carbocycles. The van der Waals surface area contributed by atoms with Gasteiger partial charge in [-0.25, -0.2) is 4.98 Å². The highest BCUT2D eigenvalue weighted by atomic mass is 79.9. The molecule has 25 heavy (non-hydrogen) atoms. The molecular formula is C18H12BrF3N2O. The third kappa shape index (κ3) is 3.51. The molecule has 0 aliphatic heterocycles. The van der Waals surface area contributed by atoms with Gasteiger partial charge < -0.3 is 0 Å². The average molecular weight is 409 g/mol. The number of halogens is 4. The number of fused-ring (bicyclic) bond motifs is 1. The fourth-order valence-corrected chi connectivity index (χ4v) is 2.87. The molecule has 0 fully saturated rings. The van der Waals surface area contributed by atoms with Gasteiger partial charge in [0.25, 0.3) is 5.56 Å². The highest BCUT2D eigenvalue weighted by molar-refractivity contribution is 9.10. The molecule has 1 heterocycles. The second kappa shape index (κ2) is 6.48. The summed E-state index contributed by atoms with van der Waals surface area (Å²) in [5.41, 5.74) is -0.584. The number of rotatable bonds is 2. The van der Waals surface area contributed by atoms with Crippen LogP contribution in [0.15, 0.2) is 51.7 Å². The van der Waals surface area contributed by atoms with Gasteiger partial charge in [0.05, 0.1) is 16.5 Å². The van der Waals surface area contributed by atoms with Crippen molar-refractivity contribution >= 4 is 39.1 Å². The Balaban J connectivity index is 2.13. The molecule has 128 valence electrons. The minimum atomic E-state index is -4.46. The molecule has 0 saturated heterocycles. The highest BCUT2D eigenvalue weighted by Crippen LogP contribution is 2.32. The summed E-state index contributed by atoms with van der Waals surface area (Å²) in [5.74, 6) is 0.389. The molecule has 3 nitrogen and oxygen atoms in total. The Morgan fingerprint density at radius 2 is 1.88 bits per heavy atom. The molecule has 0 N–H and O–H groups in total. The van der Waals surface area contributed by atoms with Gasteiger partial charge in [0.2, 0.25) is 0 Å². The first kappa shape index (κ1) is 17.4. The van der Waals surface area contributed by atoms with E-state index in [4.69, 9.17) is 0 Å². The number of hydrogen-bond donors (Lipinski definition) is 0. The second-order valence-electron chi connectivity index (χ2n) is 5.40. The van der Waals surface area contributed by atoms with E-state index in [2.05, 4.69) is 20.9 Å². The lowest BCUT2D eigenvalue weighted by Gasteiger charge is -2.10. The van der Waals surface area contributed by atoms with E-state index in [9.17, 15) is 18.0 Å². The van der Waals surface area contributed by atoms with E-state index >= 15 is 0 Å². The smallest absolute Gasteiger partial charge is 0.271 e. The predicted molar refractivity (Wildman–Crippen MR) is 95.1 cm³/mol. The summed E-state index contributed by atoms with van der Waals surface area (Å²) in [4.78, 5) is 17.0. The van der Waals surface area contributed by atoms with E-state index in [0.29, 0.717) is 16.7 Å². The van der Waals surface area contributed by atoms with Gasteiger partial charge in [0.15, 0.2) is 0 Å². The molecule has 0 aliphatic carbocycles. The van der Waals surface area contributed by atoms with Crippen LogP contribution in [0, 0.1) is 6.92 Å². The average Bonchev–Trinajstić information content (AvgIpc) is 2.55. The maximum atomic E-state index is 13.1. The van der Waals surface area contributed by atoms with Gasteiger partial charge in [-0.15, -0.1) is 0 Å². The third-order valence-electron chi connectivity index (χ3n) is 3.71.